The molecule has 15 heavy (non-hydrogen) atoms. The SMILES string of the molecule is Cc1csc(N2CC(n3cccn3)C2)n1. The Balaban J connectivity index is 1.67. The van der Waals surface area contributed by atoms with Gasteiger partial charge in [-0.05, 0) is 13.0 Å². The summed E-state index contributed by atoms with van der Waals surface area (Å²) in [6.45, 7) is 4.08. The van der Waals surface area contributed by atoms with E-state index in [9.17, 15) is 0 Å². The van der Waals surface area contributed by atoms with Gasteiger partial charge in [-0.3, -0.25) is 4.68 Å². The Labute approximate surface area is 92.2 Å². The molecular weight excluding hydrogens is 208 g/mol. The van der Waals surface area contributed by atoms with Crippen molar-refractivity contribution in [3.05, 3.63) is 29.5 Å². The molecule has 0 unspecified atom stereocenters. The maximum absolute atomic E-state index is 4.46. The molecular formula is C10H12N4S. The molecule has 0 spiro atoms. The molecule has 0 N–H and O–H groups in total. The van der Waals surface area contributed by atoms with Gasteiger partial charge in [0.05, 0.1) is 11.7 Å². The molecule has 0 amide bonds. The summed E-state index contributed by atoms with van der Waals surface area (Å²) < 4.78 is 2.02. The standard InChI is InChI=1S/C10H12N4S/c1-8-7-15-10(12-8)13-5-9(6-13)14-4-2-3-11-14/h2-4,7,9H,5-6H2,1H3. The molecule has 2 aromatic heterocycles. The number of aromatic nitrogens is 3. The van der Waals surface area contributed by atoms with Gasteiger partial charge in [-0.1, -0.05) is 0 Å². The van der Waals surface area contributed by atoms with Crippen molar-refractivity contribution in [1.82, 2.24) is 14.8 Å². The van der Waals surface area contributed by atoms with Crippen molar-refractivity contribution in [3.8, 4) is 0 Å². The van der Waals surface area contributed by atoms with E-state index < -0.39 is 0 Å². The van der Waals surface area contributed by atoms with Gasteiger partial charge in [-0.15, -0.1) is 11.3 Å². The van der Waals surface area contributed by atoms with Crippen molar-refractivity contribution in [3.63, 3.8) is 0 Å². The minimum atomic E-state index is 0.518. The third kappa shape index (κ3) is 1.52. The van der Waals surface area contributed by atoms with E-state index in [1.54, 1.807) is 11.3 Å². The minimum Gasteiger partial charge on any atom is -0.344 e. The van der Waals surface area contributed by atoms with Gasteiger partial charge in [-0.25, -0.2) is 4.98 Å². The normalized spacial score (nSPS) is 16.7. The number of anilines is 1. The molecule has 0 atom stereocenters. The fourth-order valence-electron chi connectivity index (χ4n) is 1.76. The number of aryl methyl sites for hydroxylation is 1. The molecule has 0 aromatic carbocycles. The quantitative estimate of drug-likeness (QED) is 0.772. The van der Waals surface area contributed by atoms with Gasteiger partial charge in [0.15, 0.2) is 5.13 Å². The average molecular weight is 220 g/mol. The Morgan fingerprint density at radius 3 is 2.93 bits per heavy atom. The second kappa shape index (κ2) is 3.34. The van der Waals surface area contributed by atoms with E-state index >= 15 is 0 Å². The van der Waals surface area contributed by atoms with E-state index in [1.165, 1.54) is 0 Å². The van der Waals surface area contributed by atoms with Crippen molar-refractivity contribution >= 4 is 16.5 Å². The van der Waals surface area contributed by atoms with Gasteiger partial charge in [0.2, 0.25) is 0 Å². The third-order valence-corrected chi connectivity index (χ3v) is 3.66. The van der Waals surface area contributed by atoms with Crippen LogP contribution in [0.25, 0.3) is 0 Å². The summed E-state index contributed by atoms with van der Waals surface area (Å²) in [7, 11) is 0. The van der Waals surface area contributed by atoms with Gasteiger partial charge in [0.25, 0.3) is 0 Å². The number of nitrogens with zero attached hydrogens (tertiary/aromatic N) is 4. The Morgan fingerprint density at radius 2 is 2.33 bits per heavy atom. The average Bonchev–Trinajstić information content (AvgIpc) is 2.74. The van der Waals surface area contributed by atoms with Crippen LogP contribution in [0.2, 0.25) is 0 Å². The fraction of sp³-hybridized carbons (Fsp3) is 0.400. The predicted octanol–water partition coefficient (Wildman–Crippen LogP) is 1.71. The van der Waals surface area contributed by atoms with Gasteiger partial charge >= 0.3 is 0 Å². The zero-order valence-corrected chi connectivity index (χ0v) is 9.31. The predicted molar refractivity (Wildman–Crippen MR) is 60.3 cm³/mol. The molecule has 1 aliphatic heterocycles. The van der Waals surface area contributed by atoms with E-state index in [4.69, 9.17) is 0 Å². The largest absolute Gasteiger partial charge is 0.344 e. The van der Waals surface area contributed by atoms with Gasteiger partial charge < -0.3 is 4.90 Å². The monoisotopic (exact) mass is 220 g/mol. The van der Waals surface area contributed by atoms with E-state index in [0.717, 1.165) is 23.9 Å². The molecule has 1 saturated heterocycles. The smallest absolute Gasteiger partial charge is 0.185 e. The lowest BCUT2D eigenvalue weighted by atomic mass is 10.1. The molecule has 3 rings (SSSR count). The summed E-state index contributed by atoms with van der Waals surface area (Å²) in [4.78, 5) is 6.76. The van der Waals surface area contributed by atoms with Crippen molar-refractivity contribution in [2.45, 2.75) is 13.0 Å². The summed E-state index contributed by atoms with van der Waals surface area (Å²) in [6, 6.07) is 2.49. The van der Waals surface area contributed by atoms with Crippen LogP contribution >= 0.6 is 11.3 Å². The molecule has 1 fully saturated rings. The van der Waals surface area contributed by atoms with Crippen LogP contribution in [-0.2, 0) is 0 Å². The second-order valence-electron chi connectivity index (χ2n) is 3.82. The first-order chi connectivity index (χ1) is 7.33. The topological polar surface area (TPSA) is 34.0 Å². The fourth-order valence-corrected chi connectivity index (χ4v) is 2.59. The molecule has 0 aliphatic carbocycles. The molecule has 0 radical (unpaired) electrons. The highest BCUT2D eigenvalue weighted by Gasteiger charge is 2.30. The zero-order valence-electron chi connectivity index (χ0n) is 8.50. The molecule has 0 bridgehead atoms. The van der Waals surface area contributed by atoms with Crippen molar-refractivity contribution in [2.75, 3.05) is 18.0 Å². The van der Waals surface area contributed by atoms with Crippen LogP contribution < -0.4 is 4.90 Å². The first-order valence-corrected chi connectivity index (χ1v) is 5.87. The molecule has 78 valence electrons. The Hall–Kier alpha value is -1.36. The zero-order chi connectivity index (χ0) is 10.3. The maximum Gasteiger partial charge on any atom is 0.185 e. The summed E-state index contributed by atoms with van der Waals surface area (Å²) in [5, 5.41) is 7.47. The molecule has 1 aliphatic rings. The maximum atomic E-state index is 4.46. The third-order valence-electron chi connectivity index (χ3n) is 2.64. The number of hydrogen-bond donors (Lipinski definition) is 0. The highest BCUT2D eigenvalue weighted by Crippen LogP contribution is 2.29. The number of rotatable bonds is 2. The highest BCUT2D eigenvalue weighted by molar-refractivity contribution is 7.13. The van der Waals surface area contributed by atoms with Crippen molar-refractivity contribution in [2.24, 2.45) is 0 Å². The summed E-state index contributed by atoms with van der Waals surface area (Å²) in [6.07, 6.45) is 3.85. The minimum absolute atomic E-state index is 0.518. The van der Waals surface area contributed by atoms with Crippen LogP contribution in [-0.4, -0.2) is 27.9 Å². The van der Waals surface area contributed by atoms with Crippen LogP contribution in [0.5, 0.6) is 0 Å². The lowest BCUT2D eigenvalue weighted by Crippen LogP contribution is -2.47. The molecule has 2 aromatic rings. The molecule has 0 saturated carbocycles. The number of thiazole rings is 1. The van der Waals surface area contributed by atoms with Crippen LogP contribution in [0.4, 0.5) is 5.13 Å². The van der Waals surface area contributed by atoms with Gasteiger partial charge in [0, 0.05) is 30.9 Å². The summed E-state index contributed by atoms with van der Waals surface area (Å²) in [5.74, 6) is 0. The van der Waals surface area contributed by atoms with E-state index in [2.05, 4.69) is 20.4 Å². The van der Waals surface area contributed by atoms with Crippen LogP contribution in [0, 0.1) is 6.92 Å². The van der Waals surface area contributed by atoms with Crippen molar-refractivity contribution in [1.29, 1.82) is 0 Å². The van der Waals surface area contributed by atoms with Crippen LogP contribution in [0.1, 0.15) is 11.7 Å². The van der Waals surface area contributed by atoms with Crippen LogP contribution in [0.15, 0.2) is 23.8 Å². The van der Waals surface area contributed by atoms with E-state index in [-0.39, 0.29) is 0 Å². The van der Waals surface area contributed by atoms with Gasteiger partial charge in [0.1, 0.15) is 0 Å². The highest BCUT2D eigenvalue weighted by atomic mass is 32.1. The first kappa shape index (κ1) is 8.91. The number of hydrogen-bond acceptors (Lipinski definition) is 4. The Kier molecular flexibility index (Phi) is 1.98. The Bertz CT molecular complexity index is 442. The molecule has 4 nitrogen and oxygen atoms in total. The second-order valence-corrected chi connectivity index (χ2v) is 4.65. The molecule has 5 heteroatoms. The summed E-state index contributed by atoms with van der Waals surface area (Å²) >= 11 is 1.72. The van der Waals surface area contributed by atoms with Crippen LogP contribution in [0.3, 0.4) is 0 Å². The van der Waals surface area contributed by atoms with E-state index in [1.807, 2.05) is 30.1 Å². The molecule has 3 heterocycles. The van der Waals surface area contributed by atoms with E-state index in [0.29, 0.717) is 6.04 Å². The lowest BCUT2D eigenvalue weighted by Gasteiger charge is -2.38. The van der Waals surface area contributed by atoms with Gasteiger partial charge in [-0.2, -0.15) is 5.10 Å². The lowest BCUT2D eigenvalue weighted by molar-refractivity contribution is 0.368. The summed E-state index contributed by atoms with van der Waals surface area (Å²) in [5.41, 5.74) is 1.11. The first-order valence-electron chi connectivity index (χ1n) is 4.99. The Morgan fingerprint density at radius 1 is 1.47 bits per heavy atom. The van der Waals surface area contributed by atoms with Crippen molar-refractivity contribution < 1.29 is 0 Å².